The Bertz CT molecular complexity index is 1200. The molecule has 4 N–H and O–H groups in total. The smallest absolute Gasteiger partial charge is 0.413 e. The number of hydrogen-bond acceptors (Lipinski definition) is 8. The maximum absolute atomic E-state index is 13.7. The van der Waals surface area contributed by atoms with Gasteiger partial charge in [-0.2, -0.15) is 0 Å². The van der Waals surface area contributed by atoms with E-state index < -0.39 is 42.4 Å². The van der Waals surface area contributed by atoms with Crippen molar-refractivity contribution in [2.75, 3.05) is 18.5 Å². The molecule has 1 aromatic heterocycles. The number of hydrazine groups is 1. The number of fused-ring (bicyclic) bond motifs is 1. The van der Waals surface area contributed by atoms with Crippen LogP contribution in [0.2, 0.25) is 5.02 Å². The SMILES string of the molecule is CC(=O)N(NCc1cccc(F)c1Cl)[C@H](COC(=O)Nc1nc2ccc(F)cc2s1)C[C@@H](O)CO. The molecule has 188 valence electrons. The number of carbonyl (C=O) groups excluding carboxylic acids is 2. The second-order valence-corrected chi connectivity index (χ2v) is 8.93. The molecule has 0 aliphatic carbocycles. The van der Waals surface area contributed by atoms with Crippen LogP contribution in [-0.2, 0) is 16.1 Å². The van der Waals surface area contributed by atoms with E-state index >= 15 is 0 Å². The number of nitrogens with zero attached hydrogens (tertiary/aromatic N) is 2. The highest BCUT2D eigenvalue weighted by Gasteiger charge is 2.26. The van der Waals surface area contributed by atoms with Crippen LogP contribution in [0.25, 0.3) is 10.2 Å². The number of anilines is 1. The summed E-state index contributed by atoms with van der Waals surface area (Å²) in [4.78, 5) is 28.8. The molecule has 0 bridgehead atoms. The number of ether oxygens (including phenoxy) is 1. The van der Waals surface area contributed by atoms with E-state index in [1.54, 1.807) is 6.07 Å². The molecule has 13 heteroatoms. The lowest BCUT2D eigenvalue weighted by Gasteiger charge is -2.32. The van der Waals surface area contributed by atoms with Gasteiger partial charge in [-0.05, 0) is 29.8 Å². The van der Waals surface area contributed by atoms with Gasteiger partial charge in [0.2, 0.25) is 5.91 Å². The molecule has 0 aliphatic heterocycles. The van der Waals surface area contributed by atoms with Crippen LogP contribution in [0.3, 0.4) is 0 Å². The first-order valence-electron chi connectivity index (χ1n) is 10.4. The number of thiazole rings is 1. The van der Waals surface area contributed by atoms with Gasteiger partial charge >= 0.3 is 6.09 Å². The highest BCUT2D eigenvalue weighted by Crippen LogP contribution is 2.26. The number of nitrogens with one attached hydrogen (secondary N) is 2. The quantitative estimate of drug-likeness (QED) is 0.297. The number of carbonyl (C=O) groups is 2. The fourth-order valence-electron chi connectivity index (χ4n) is 3.24. The van der Waals surface area contributed by atoms with E-state index in [2.05, 4.69) is 15.7 Å². The maximum Gasteiger partial charge on any atom is 0.413 e. The first kappa shape index (κ1) is 26.7. The van der Waals surface area contributed by atoms with Crippen molar-refractivity contribution in [2.45, 2.75) is 32.0 Å². The second-order valence-electron chi connectivity index (χ2n) is 7.52. The molecule has 2 aromatic carbocycles. The second kappa shape index (κ2) is 12.2. The number of benzene rings is 2. The monoisotopic (exact) mass is 528 g/mol. The van der Waals surface area contributed by atoms with E-state index in [1.165, 1.54) is 37.3 Å². The zero-order valence-corrected chi connectivity index (χ0v) is 20.1. The number of hydrogen-bond donors (Lipinski definition) is 4. The zero-order chi connectivity index (χ0) is 25.5. The van der Waals surface area contributed by atoms with Crippen LogP contribution in [0.5, 0.6) is 0 Å². The van der Waals surface area contributed by atoms with Gasteiger partial charge in [-0.25, -0.2) is 24.0 Å². The third kappa shape index (κ3) is 7.29. The minimum atomic E-state index is -1.20. The van der Waals surface area contributed by atoms with Crippen LogP contribution in [0.1, 0.15) is 18.9 Å². The van der Waals surface area contributed by atoms with E-state index in [-0.39, 0.29) is 29.7 Å². The molecule has 0 radical (unpaired) electrons. The largest absolute Gasteiger partial charge is 0.447 e. The number of aliphatic hydroxyl groups is 2. The normalized spacial score (nSPS) is 12.9. The predicted molar refractivity (Wildman–Crippen MR) is 127 cm³/mol. The van der Waals surface area contributed by atoms with Gasteiger partial charge in [0.25, 0.3) is 0 Å². The van der Waals surface area contributed by atoms with Crippen LogP contribution >= 0.6 is 22.9 Å². The number of rotatable bonds is 10. The molecular weight excluding hydrogens is 506 g/mol. The van der Waals surface area contributed by atoms with E-state index in [9.17, 15) is 28.6 Å². The lowest BCUT2D eigenvalue weighted by atomic mass is 10.1. The van der Waals surface area contributed by atoms with Crippen molar-refractivity contribution < 1.29 is 33.3 Å². The topological polar surface area (TPSA) is 124 Å². The number of aromatic nitrogens is 1. The van der Waals surface area contributed by atoms with Crippen molar-refractivity contribution in [3.8, 4) is 0 Å². The first-order valence-corrected chi connectivity index (χ1v) is 11.6. The summed E-state index contributed by atoms with van der Waals surface area (Å²) in [6, 6.07) is 7.36. The summed E-state index contributed by atoms with van der Waals surface area (Å²) in [7, 11) is 0. The molecule has 1 heterocycles. The van der Waals surface area contributed by atoms with Crippen molar-refractivity contribution in [3.05, 3.63) is 58.6 Å². The Kier molecular flexibility index (Phi) is 9.29. The Morgan fingerprint density at radius 3 is 2.77 bits per heavy atom. The fraction of sp³-hybridized carbons (Fsp3) is 0.318. The van der Waals surface area contributed by atoms with Crippen LogP contribution in [-0.4, -0.2) is 57.6 Å². The van der Waals surface area contributed by atoms with Gasteiger partial charge in [0, 0.05) is 19.9 Å². The van der Waals surface area contributed by atoms with Gasteiger partial charge in [-0.3, -0.25) is 15.1 Å². The first-order chi connectivity index (χ1) is 16.7. The summed E-state index contributed by atoms with van der Waals surface area (Å²) in [6.45, 7) is 0.285. The van der Waals surface area contributed by atoms with Gasteiger partial charge in [-0.15, -0.1) is 0 Å². The predicted octanol–water partition coefficient (Wildman–Crippen LogP) is 3.44. The summed E-state index contributed by atoms with van der Waals surface area (Å²) in [5.74, 6) is -1.54. The minimum Gasteiger partial charge on any atom is -0.447 e. The number of amides is 2. The highest BCUT2D eigenvalue weighted by atomic mass is 35.5. The lowest BCUT2D eigenvalue weighted by molar-refractivity contribution is -0.137. The average Bonchev–Trinajstić information content (AvgIpc) is 3.20. The van der Waals surface area contributed by atoms with Crippen LogP contribution < -0.4 is 10.7 Å². The van der Waals surface area contributed by atoms with Crippen molar-refractivity contribution in [1.82, 2.24) is 15.4 Å². The van der Waals surface area contributed by atoms with E-state index in [1.807, 2.05) is 0 Å². The third-order valence-corrected chi connectivity index (χ3v) is 6.25. The molecule has 0 saturated heterocycles. The van der Waals surface area contributed by atoms with Crippen LogP contribution in [0.4, 0.5) is 18.7 Å². The van der Waals surface area contributed by atoms with Gasteiger partial charge in [0.05, 0.1) is 34.0 Å². The van der Waals surface area contributed by atoms with E-state index in [4.69, 9.17) is 16.3 Å². The zero-order valence-electron chi connectivity index (χ0n) is 18.5. The average molecular weight is 529 g/mol. The molecule has 3 aromatic rings. The molecule has 2 atom stereocenters. The Balaban J connectivity index is 1.67. The molecular formula is C22H23ClF2N4O5S. The summed E-state index contributed by atoms with van der Waals surface area (Å²) in [5.41, 5.74) is 3.69. The summed E-state index contributed by atoms with van der Waals surface area (Å²) >= 11 is 7.02. The van der Waals surface area contributed by atoms with Crippen molar-refractivity contribution in [3.63, 3.8) is 0 Å². The highest BCUT2D eigenvalue weighted by molar-refractivity contribution is 7.22. The number of halogens is 3. The summed E-state index contributed by atoms with van der Waals surface area (Å²) in [6.07, 6.45) is -2.22. The van der Waals surface area contributed by atoms with Crippen LogP contribution in [0.15, 0.2) is 36.4 Å². The molecule has 0 spiro atoms. The van der Waals surface area contributed by atoms with Gasteiger partial charge in [0.1, 0.15) is 18.2 Å². The Morgan fingerprint density at radius 2 is 2.06 bits per heavy atom. The molecule has 35 heavy (non-hydrogen) atoms. The standard InChI is InChI=1S/C22H23ClF2N4O5S/c1-12(31)29(26-9-13-3-2-4-17(25)20(13)23)15(8-16(32)10-30)11-34-22(33)28-21-27-18-6-5-14(24)7-19(18)35-21/h2-7,15-16,26,30,32H,8-11H2,1H3,(H,27,28,33)/t15-,16+/m0/s1. The Hall–Kier alpha value is -2.90. The molecule has 0 unspecified atom stereocenters. The lowest BCUT2D eigenvalue weighted by Crippen LogP contribution is -2.52. The van der Waals surface area contributed by atoms with Crippen molar-refractivity contribution in [2.24, 2.45) is 0 Å². The van der Waals surface area contributed by atoms with Gasteiger partial charge in [-0.1, -0.05) is 35.1 Å². The van der Waals surface area contributed by atoms with Gasteiger partial charge < -0.3 is 14.9 Å². The van der Waals surface area contributed by atoms with Crippen LogP contribution in [0, 0.1) is 11.6 Å². The van der Waals surface area contributed by atoms with Gasteiger partial charge in [0.15, 0.2) is 5.13 Å². The van der Waals surface area contributed by atoms with Crippen molar-refractivity contribution >= 4 is 50.3 Å². The third-order valence-electron chi connectivity index (χ3n) is 4.90. The van der Waals surface area contributed by atoms with Crippen molar-refractivity contribution in [1.29, 1.82) is 0 Å². The number of aliphatic hydroxyl groups excluding tert-OH is 2. The molecule has 0 saturated carbocycles. The summed E-state index contributed by atoms with van der Waals surface area (Å²) < 4.78 is 32.9. The maximum atomic E-state index is 13.7. The molecule has 0 fully saturated rings. The minimum absolute atomic E-state index is 0.0314. The van der Waals surface area contributed by atoms with E-state index in [0.717, 1.165) is 16.3 Å². The fourth-order valence-corrected chi connectivity index (χ4v) is 4.31. The summed E-state index contributed by atoms with van der Waals surface area (Å²) in [5, 5.41) is 22.8. The molecule has 2 amide bonds. The molecule has 3 rings (SSSR count). The molecule has 0 aliphatic rings. The Labute approximate surface area is 208 Å². The van der Waals surface area contributed by atoms with E-state index in [0.29, 0.717) is 15.8 Å². The Morgan fingerprint density at radius 1 is 1.29 bits per heavy atom. The molecule has 9 nitrogen and oxygen atoms in total.